The van der Waals surface area contributed by atoms with Crippen molar-refractivity contribution in [1.29, 1.82) is 0 Å². The van der Waals surface area contributed by atoms with Gasteiger partial charge in [0.2, 0.25) is 0 Å². The number of halogens is 6. The van der Waals surface area contributed by atoms with Gasteiger partial charge in [-0.2, -0.15) is 38.1 Å². The van der Waals surface area contributed by atoms with Crippen molar-refractivity contribution in [2.75, 3.05) is 5.75 Å². The molecule has 0 radical (unpaired) electrons. The van der Waals surface area contributed by atoms with Crippen LogP contribution < -0.4 is 0 Å². The van der Waals surface area contributed by atoms with Crippen molar-refractivity contribution < 1.29 is 26.3 Å². The van der Waals surface area contributed by atoms with Crippen molar-refractivity contribution in [1.82, 2.24) is 9.97 Å². The van der Waals surface area contributed by atoms with Gasteiger partial charge < -0.3 is 4.98 Å². The van der Waals surface area contributed by atoms with Gasteiger partial charge in [-0.3, -0.25) is 9.98 Å². The number of fused-ring (bicyclic) bond motifs is 1. The van der Waals surface area contributed by atoms with E-state index in [2.05, 4.69) is 15.0 Å². The lowest BCUT2D eigenvalue weighted by Gasteiger charge is -2.24. The number of nitrogens with one attached hydrogen (secondary N) is 1. The van der Waals surface area contributed by atoms with Crippen molar-refractivity contribution in [3.63, 3.8) is 0 Å². The summed E-state index contributed by atoms with van der Waals surface area (Å²) in [6.45, 7) is 1.81. The Morgan fingerprint density at radius 3 is 2.46 bits per heavy atom. The van der Waals surface area contributed by atoms with Gasteiger partial charge in [0.25, 0.3) is 0 Å². The average Bonchev–Trinajstić information content (AvgIpc) is 2.96. The fourth-order valence-corrected chi connectivity index (χ4v) is 3.68. The first kappa shape index (κ1) is 18.8. The monoisotopic (exact) mass is 393 g/mol. The third-order valence-electron chi connectivity index (χ3n) is 3.85. The molecule has 0 bridgehead atoms. The summed E-state index contributed by atoms with van der Waals surface area (Å²) in [6, 6.07) is 1.79. The van der Waals surface area contributed by atoms with Crippen LogP contribution in [-0.2, 0) is 6.18 Å². The Labute approximate surface area is 148 Å². The number of aliphatic imine (C=N–C) groups is 1. The van der Waals surface area contributed by atoms with Gasteiger partial charge in [-0.05, 0) is 17.9 Å². The second-order valence-electron chi connectivity index (χ2n) is 5.64. The van der Waals surface area contributed by atoms with E-state index in [-0.39, 0.29) is 5.52 Å². The van der Waals surface area contributed by atoms with Gasteiger partial charge in [-0.25, -0.2) is 0 Å². The molecule has 1 aliphatic rings. The Kier molecular flexibility index (Phi) is 4.80. The molecule has 2 aromatic heterocycles. The number of dihydropyridines is 1. The molecule has 140 valence electrons. The van der Waals surface area contributed by atoms with Crippen LogP contribution in [0.1, 0.15) is 24.2 Å². The number of allylic oxidation sites excluding steroid dienone is 1. The van der Waals surface area contributed by atoms with Gasteiger partial charge in [-0.15, -0.1) is 0 Å². The molecule has 1 N–H and O–H groups in total. The van der Waals surface area contributed by atoms with Gasteiger partial charge in [-0.1, -0.05) is 13.0 Å². The fourth-order valence-electron chi connectivity index (χ4n) is 2.66. The van der Waals surface area contributed by atoms with Crippen LogP contribution in [-0.4, -0.2) is 33.4 Å². The van der Waals surface area contributed by atoms with Crippen LogP contribution in [0.4, 0.5) is 26.3 Å². The SMILES string of the molecule is CCSC1C=C(C(F)(F)F)C=NC1c1cc2ncc(C(F)(F)F)cc2[nH]1. The highest BCUT2D eigenvalue weighted by atomic mass is 32.2. The van der Waals surface area contributed by atoms with Crippen LogP contribution in [0.15, 0.2) is 35.0 Å². The lowest BCUT2D eigenvalue weighted by Crippen LogP contribution is -2.23. The summed E-state index contributed by atoms with van der Waals surface area (Å²) in [4.78, 5) is 10.6. The van der Waals surface area contributed by atoms with Crippen molar-refractivity contribution in [3.05, 3.63) is 41.2 Å². The zero-order valence-corrected chi connectivity index (χ0v) is 14.1. The quantitative estimate of drug-likeness (QED) is 0.718. The number of alkyl halides is 6. The molecule has 2 atom stereocenters. The van der Waals surface area contributed by atoms with Crippen LogP contribution in [0.2, 0.25) is 0 Å². The number of pyridine rings is 1. The fraction of sp³-hybridized carbons (Fsp3) is 0.375. The molecule has 0 fully saturated rings. The summed E-state index contributed by atoms with van der Waals surface area (Å²) in [5.74, 6) is 0.565. The van der Waals surface area contributed by atoms with Gasteiger partial charge in [0, 0.05) is 18.1 Å². The van der Waals surface area contributed by atoms with Gasteiger partial charge >= 0.3 is 12.4 Å². The average molecular weight is 393 g/mol. The Balaban J connectivity index is 1.97. The number of nitrogens with zero attached hydrogens (tertiary/aromatic N) is 2. The molecule has 26 heavy (non-hydrogen) atoms. The summed E-state index contributed by atoms with van der Waals surface area (Å²) in [6.07, 6.45) is -6.43. The Hall–Kier alpha value is -1.97. The van der Waals surface area contributed by atoms with E-state index < -0.39 is 34.8 Å². The minimum absolute atomic E-state index is 0.163. The molecule has 0 spiro atoms. The molecular weight excluding hydrogens is 380 g/mol. The minimum Gasteiger partial charge on any atom is -0.355 e. The molecule has 1 aliphatic heterocycles. The maximum absolute atomic E-state index is 12.9. The Morgan fingerprint density at radius 1 is 1.12 bits per heavy atom. The van der Waals surface area contributed by atoms with Gasteiger partial charge in [0.05, 0.1) is 27.4 Å². The number of hydrogen-bond donors (Lipinski definition) is 1. The number of aromatic amines is 1. The van der Waals surface area contributed by atoms with E-state index in [9.17, 15) is 26.3 Å². The van der Waals surface area contributed by atoms with E-state index in [1.807, 2.05) is 6.92 Å². The van der Waals surface area contributed by atoms with Crippen LogP contribution >= 0.6 is 11.8 Å². The molecule has 10 heteroatoms. The van der Waals surface area contributed by atoms with E-state index >= 15 is 0 Å². The lowest BCUT2D eigenvalue weighted by molar-refractivity contribution is -0.137. The first-order valence-corrected chi connectivity index (χ1v) is 8.64. The van der Waals surface area contributed by atoms with Crippen LogP contribution in [0.25, 0.3) is 11.0 Å². The molecule has 0 aromatic carbocycles. The van der Waals surface area contributed by atoms with Crippen LogP contribution in [0, 0.1) is 0 Å². The number of thioether (sulfide) groups is 1. The third-order valence-corrected chi connectivity index (χ3v) is 4.96. The van der Waals surface area contributed by atoms with Gasteiger partial charge in [0.1, 0.15) is 6.04 Å². The molecule has 0 aliphatic carbocycles. The van der Waals surface area contributed by atoms with E-state index in [1.54, 1.807) is 0 Å². The third kappa shape index (κ3) is 3.74. The summed E-state index contributed by atoms with van der Waals surface area (Å²) in [7, 11) is 0. The predicted octanol–water partition coefficient (Wildman–Crippen LogP) is 5.32. The van der Waals surface area contributed by atoms with Crippen molar-refractivity contribution in [2.45, 2.75) is 30.6 Å². The Morgan fingerprint density at radius 2 is 1.85 bits per heavy atom. The highest BCUT2D eigenvalue weighted by molar-refractivity contribution is 8.00. The van der Waals surface area contributed by atoms with Crippen molar-refractivity contribution >= 4 is 29.0 Å². The number of H-pyrrole nitrogens is 1. The summed E-state index contributed by atoms with van der Waals surface area (Å²) >= 11 is 1.28. The smallest absolute Gasteiger partial charge is 0.355 e. The second kappa shape index (κ2) is 6.64. The van der Waals surface area contributed by atoms with E-state index in [0.717, 1.165) is 24.6 Å². The van der Waals surface area contributed by atoms with E-state index in [4.69, 9.17) is 0 Å². The van der Waals surface area contributed by atoms with Gasteiger partial charge in [0.15, 0.2) is 0 Å². The number of rotatable bonds is 3. The summed E-state index contributed by atoms with van der Waals surface area (Å²) in [5, 5.41) is -0.586. The Bertz CT molecular complexity index is 865. The largest absolute Gasteiger partial charge is 0.417 e. The number of hydrogen-bond acceptors (Lipinski definition) is 3. The maximum Gasteiger partial charge on any atom is 0.417 e. The maximum atomic E-state index is 12.9. The predicted molar refractivity (Wildman–Crippen MR) is 88.4 cm³/mol. The molecule has 2 unspecified atom stereocenters. The summed E-state index contributed by atoms with van der Waals surface area (Å²) in [5.41, 5.74) is -0.839. The standard InChI is InChI=1S/C16H13F6N3S/c1-2-26-13-4-9(16(20,21)22)7-24-14(13)12-5-10-11(25-12)3-8(6-23-10)15(17,18)19/h3-7,13-14,25H,2H2,1H3. The molecule has 0 saturated heterocycles. The molecule has 3 heterocycles. The van der Waals surface area contributed by atoms with Crippen LogP contribution in [0.5, 0.6) is 0 Å². The van der Waals surface area contributed by atoms with Crippen molar-refractivity contribution in [2.24, 2.45) is 4.99 Å². The second-order valence-corrected chi connectivity index (χ2v) is 7.10. The number of aromatic nitrogens is 2. The zero-order chi connectivity index (χ0) is 19.1. The molecule has 0 saturated carbocycles. The highest BCUT2D eigenvalue weighted by Gasteiger charge is 2.37. The van der Waals surface area contributed by atoms with E-state index in [1.165, 1.54) is 17.8 Å². The lowest BCUT2D eigenvalue weighted by atomic mass is 10.0. The molecule has 3 nitrogen and oxygen atoms in total. The molecule has 3 rings (SSSR count). The zero-order valence-electron chi connectivity index (χ0n) is 13.3. The highest BCUT2D eigenvalue weighted by Crippen LogP contribution is 2.38. The normalized spacial score (nSPS) is 21.3. The first-order chi connectivity index (χ1) is 12.1. The van der Waals surface area contributed by atoms with Crippen molar-refractivity contribution in [3.8, 4) is 0 Å². The topological polar surface area (TPSA) is 41.0 Å². The first-order valence-electron chi connectivity index (χ1n) is 7.59. The minimum atomic E-state index is -4.53. The van der Waals surface area contributed by atoms with Crippen LogP contribution in [0.3, 0.4) is 0 Å². The molecule has 2 aromatic rings. The summed E-state index contributed by atoms with van der Waals surface area (Å²) < 4.78 is 77.1. The van der Waals surface area contributed by atoms with E-state index in [0.29, 0.717) is 17.0 Å². The molecule has 0 amide bonds. The molecular formula is C16H13F6N3S.